The number of aliphatic imine (C=N–C) groups is 1. The van der Waals surface area contributed by atoms with Gasteiger partial charge in [-0.05, 0) is 41.8 Å². The molecule has 0 unspecified atom stereocenters. The molecule has 0 N–H and O–H groups in total. The molecular formula is C24H28N2O4. The maximum Gasteiger partial charge on any atom is 0.170 e. The number of benzene rings is 2. The molecule has 3 aliphatic heterocycles. The normalized spacial score (nSPS) is 22.3. The summed E-state index contributed by atoms with van der Waals surface area (Å²) in [5.41, 5.74) is 2.63. The second-order valence-electron chi connectivity index (χ2n) is 9.30. The molecule has 0 saturated carbocycles. The minimum absolute atomic E-state index is 0.0817. The lowest BCUT2D eigenvalue weighted by molar-refractivity contribution is 0.122. The van der Waals surface area contributed by atoms with E-state index in [2.05, 4.69) is 43.9 Å². The van der Waals surface area contributed by atoms with Gasteiger partial charge in [-0.25, -0.2) is 4.99 Å². The molecule has 5 rings (SSSR count). The highest BCUT2D eigenvalue weighted by atomic mass is 16.5. The van der Waals surface area contributed by atoms with E-state index in [4.69, 9.17) is 23.9 Å². The van der Waals surface area contributed by atoms with Crippen molar-refractivity contribution in [2.24, 2.45) is 10.4 Å². The Morgan fingerprint density at radius 1 is 1.03 bits per heavy atom. The maximum absolute atomic E-state index is 6.28. The first kappa shape index (κ1) is 19.2. The van der Waals surface area contributed by atoms with Gasteiger partial charge in [-0.15, -0.1) is 0 Å². The molecule has 3 aliphatic rings. The highest BCUT2D eigenvalue weighted by Crippen LogP contribution is 2.52. The average molecular weight is 408 g/mol. The first-order valence-electron chi connectivity index (χ1n) is 10.5. The standard InChI is InChI=1S/C24H28N2O4/c1-23(2,3)14-29-18-5-7-22-20(13-18)24(15-28-16-25-24)19-12-17(4-6-21(19)30-22)26-8-10-27-11-9-26/h4-7,12-13,16H,8-11,14-15H2,1-3H3/t24-/m0/s1. The predicted octanol–water partition coefficient (Wildman–Crippen LogP) is 4.36. The molecule has 6 nitrogen and oxygen atoms in total. The van der Waals surface area contributed by atoms with Crippen LogP contribution in [0.3, 0.4) is 0 Å². The maximum atomic E-state index is 6.28. The molecule has 3 heterocycles. The quantitative estimate of drug-likeness (QED) is 0.756. The van der Waals surface area contributed by atoms with Crippen molar-refractivity contribution < 1.29 is 18.9 Å². The first-order chi connectivity index (χ1) is 14.4. The fraction of sp³-hybridized carbons (Fsp3) is 0.458. The van der Waals surface area contributed by atoms with Gasteiger partial charge in [-0.2, -0.15) is 0 Å². The van der Waals surface area contributed by atoms with E-state index in [1.807, 2.05) is 18.2 Å². The molecule has 0 bridgehead atoms. The zero-order chi connectivity index (χ0) is 20.8. The topological polar surface area (TPSA) is 52.5 Å². The molecule has 2 aromatic carbocycles. The molecule has 6 heteroatoms. The highest BCUT2D eigenvalue weighted by Gasteiger charge is 2.45. The molecule has 1 spiro atoms. The Morgan fingerprint density at radius 2 is 1.77 bits per heavy atom. The van der Waals surface area contributed by atoms with Gasteiger partial charge in [0, 0.05) is 29.9 Å². The van der Waals surface area contributed by atoms with E-state index < -0.39 is 5.54 Å². The summed E-state index contributed by atoms with van der Waals surface area (Å²) in [5, 5.41) is 0. The average Bonchev–Trinajstić information content (AvgIpc) is 3.23. The van der Waals surface area contributed by atoms with Crippen LogP contribution in [0.1, 0.15) is 31.9 Å². The molecule has 1 atom stereocenters. The van der Waals surface area contributed by atoms with Crippen LogP contribution in [0, 0.1) is 5.41 Å². The van der Waals surface area contributed by atoms with E-state index in [0.29, 0.717) is 13.2 Å². The molecule has 1 saturated heterocycles. The third kappa shape index (κ3) is 3.39. The molecule has 158 valence electrons. The monoisotopic (exact) mass is 408 g/mol. The molecule has 30 heavy (non-hydrogen) atoms. The van der Waals surface area contributed by atoms with E-state index in [1.165, 1.54) is 0 Å². The van der Waals surface area contributed by atoms with Crippen molar-refractivity contribution >= 4 is 12.1 Å². The molecule has 0 amide bonds. The third-order valence-corrected chi connectivity index (χ3v) is 5.71. The molecule has 1 fully saturated rings. The summed E-state index contributed by atoms with van der Waals surface area (Å²) in [4.78, 5) is 7.16. The Labute approximate surface area is 177 Å². The number of fused-ring (bicyclic) bond motifs is 4. The van der Waals surface area contributed by atoms with Gasteiger partial charge < -0.3 is 23.8 Å². The fourth-order valence-corrected chi connectivity index (χ4v) is 4.14. The number of ether oxygens (including phenoxy) is 4. The van der Waals surface area contributed by atoms with Crippen LogP contribution >= 0.6 is 0 Å². The summed E-state index contributed by atoms with van der Waals surface area (Å²) in [5.74, 6) is 2.44. The van der Waals surface area contributed by atoms with Crippen LogP contribution in [-0.4, -0.2) is 45.9 Å². The molecule has 0 aromatic heterocycles. The predicted molar refractivity (Wildman–Crippen MR) is 116 cm³/mol. The Hall–Kier alpha value is -2.73. The molecule has 0 aliphatic carbocycles. The van der Waals surface area contributed by atoms with Crippen LogP contribution < -0.4 is 14.4 Å². The van der Waals surface area contributed by atoms with Crippen molar-refractivity contribution in [3.8, 4) is 17.2 Å². The Morgan fingerprint density at radius 3 is 2.47 bits per heavy atom. The Bertz CT molecular complexity index is 976. The lowest BCUT2D eigenvalue weighted by Crippen LogP contribution is -2.37. The molecule has 0 radical (unpaired) electrons. The SMILES string of the molecule is CC(C)(C)COc1ccc2c(c1)[C@]1(COC=N1)c1cc(N3CCOCC3)ccc1O2. The van der Waals surface area contributed by atoms with E-state index in [1.54, 1.807) is 6.40 Å². The van der Waals surface area contributed by atoms with Crippen LogP contribution in [0.2, 0.25) is 0 Å². The van der Waals surface area contributed by atoms with Gasteiger partial charge in [-0.1, -0.05) is 20.8 Å². The zero-order valence-corrected chi connectivity index (χ0v) is 17.8. The summed E-state index contributed by atoms with van der Waals surface area (Å²) in [6.45, 7) is 10.8. The third-order valence-electron chi connectivity index (χ3n) is 5.71. The summed E-state index contributed by atoms with van der Waals surface area (Å²) < 4.78 is 23.5. The lowest BCUT2D eigenvalue weighted by Gasteiger charge is -2.36. The number of nitrogens with zero attached hydrogens (tertiary/aromatic N) is 2. The minimum atomic E-state index is -0.619. The number of rotatable bonds is 3. The van der Waals surface area contributed by atoms with Crippen LogP contribution in [-0.2, 0) is 15.0 Å². The summed E-state index contributed by atoms with van der Waals surface area (Å²) in [6.07, 6.45) is 1.56. The van der Waals surface area contributed by atoms with Crippen LogP contribution in [0.25, 0.3) is 0 Å². The van der Waals surface area contributed by atoms with Crippen molar-refractivity contribution in [2.75, 3.05) is 44.4 Å². The summed E-state index contributed by atoms with van der Waals surface area (Å²) in [6, 6.07) is 12.3. The second-order valence-corrected chi connectivity index (χ2v) is 9.30. The van der Waals surface area contributed by atoms with Crippen molar-refractivity contribution in [1.82, 2.24) is 0 Å². The smallest absolute Gasteiger partial charge is 0.170 e. The Balaban J connectivity index is 1.55. The van der Waals surface area contributed by atoms with Gasteiger partial charge in [0.25, 0.3) is 0 Å². The van der Waals surface area contributed by atoms with Crippen molar-refractivity contribution in [2.45, 2.75) is 26.3 Å². The molecule has 2 aromatic rings. The highest BCUT2D eigenvalue weighted by molar-refractivity contribution is 5.67. The van der Waals surface area contributed by atoms with Crippen LogP contribution in [0.5, 0.6) is 17.2 Å². The molecular weight excluding hydrogens is 380 g/mol. The Kier molecular flexibility index (Phi) is 4.62. The lowest BCUT2D eigenvalue weighted by atomic mass is 9.81. The van der Waals surface area contributed by atoms with Crippen molar-refractivity contribution in [3.63, 3.8) is 0 Å². The van der Waals surface area contributed by atoms with Crippen molar-refractivity contribution in [1.29, 1.82) is 0 Å². The van der Waals surface area contributed by atoms with E-state index in [0.717, 1.165) is 60.4 Å². The number of hydrogen-bond donors (Lipinski definition) is 0. The fourth-order valence-electron chi connectivity index (χ4n) is 4.14. The zero-order valence-electron chi connectivity index (χ0n) is 17.8. The number of morpholine rings is 1. The van der Waals surface area contributed by atoms with Gasteiger partial charge in [-0.3, -0.25) is 0 Å². The van der Waals surface area contributed by atoms with E-state index >= 15 is 0 Å². The van der Waals surface area contributed by atoms with E-state index in [-0.39, 0.29) is 5.41 Å². The summed E-state index contributed by atoms with van der Waals surface area (Å²) in [7, 11) is 0. The largest absolute Gasteiger partial charge is 0.493 e. The summed E-state index contributed by atoms with van der Waals surface area (Å²) >= 11 is 0. The number of anilines is 1. The van der Waals surface area contributed by atoms with E-state index in [9.17, 15) is 0 Å². The van der Waals surface area contributed by atoms with Crippen LogP contribution in [0.4, 0.5) is 5.69 Å². The van der Waals surface area contributed by atoms with Gasteiger partial charge >= 0.3 is 0 Å². The van der Waals surface area contributed by atoms with Gasteiger partial charge in [0.1, 0.15) is 23.9 Å². The number of hydrogen-bond acceptors (Lipinski definition) is 6. The van der Waals surface area contributed by atoms with Crippen molar-refractivity contribution in [3.05, 3.63) is 47.5 Å². The second kappa shape index (κ2) is 7.20. The van der Waals surface area contributed by atoms with Gasteiger partial charge in [0.05, 0.1) is 19.8 Å². The van der Waals surface area contributed by atoms with Crippen LogP contribution in [0.15, 0.2) is 41.4 Å². The van der Waals surface area contributed by atoms with Gasteiger partial charge in [0.15, 0.2) is 11.9 Å². The minimum Gasteiger partial charge on any atom is -0.493 e. The first-order valence-corrected chi connectivity index (χ1v) is 10.5. The van der Waals surface area contributed by atoms with Gasteiger partial charge in [0.2, 0.25) is 0 Å².